The summed E-state index contributed by atoms with van der Waals surface area (Å²) in [6.45, 7) is 4.70. The Morgan fingerprint density at radius 2 is 1.65 bits per heavy atom. The van der Waals surface area contributed by atoms with Gasteiger partial charge in [0.1, 0.15) is 5.75 Å². The number of halogens is 2. The zero-order valence-electron chi connectivity index (χ0n) is 14.5. The van der Waals surface area contributed by atoms with Crippen molar-refractivity contribution < 1.29 is 14.3 Å². The summed E-state index contributed by atoms with van der Waals surface area (Å²) >= 11 is 11.8. The third kappa shape index (κ3) is 5.64. The molecular formula is C19H20Cl2N2O3. The van der Waals surface area contributed by atoms with Crippen molar-refractivity contribution in [3.63, 3.8) is 0 Å². The van der Waals surface area contributed by atoms with Gasteiger partial charge in [-0.05, 0) is 42.7 Å². The molecule has 2 amide bonds. The standard InChI is InChI=1S/C19H20Cl2N2O3/c1-12(2)9-10-26-17-6-4-3-5-15(17)19(25)23-22-18(24)14-8-7-13(20)11-16(14)21/h3-8,11-12H,9-10H2,1-2H3,(H,22,24)(H,23,25). The lowest BCUT2D eigenvalue weighted by Crippen LogP contribution is -2.41. The minimum Gasteiger partial charge on any atom is -0.493 e. The van der Waals surface area contributed by atoms with Crippen LogP contribution in [-0.4, -0.2) is 18.4 Å². The van der Waals surface area contributed by atoms with Crippen LogP contribution >= 0.6 is 23.2 Å². The minimum absolute atomic E-state index is 0.196. The molecule has 0 bridgehead atoms. The molecule has 0 unspecified atom stereocenters. The van der Waals surface area contributed by atoms with Gasteiger partial charge in [-0.25, -0.2) is 0 Å². The van der Waals surface area contributed by atoms with Gasteiger partial charge in [0.05, 0.1) is 22.8 Å². The monoisotopic (exact) mass is 394 g/mol. The van der Waals surface area contributed by atoms with Gasteiger partial charge in [0.25, 0.3) is 11.8 Å². The predicted molar refractivity (Wildman–Crippen MR) is 103 cm³/mol. The molecule has 2 aromatic carbocycles. The van der Waals surface area contributed by atoms with Crippen LogP contribution in [0.25, 0.3) is 0 Å². The fourth-order valence-electron chi connectivity index (χ4n) is 2.11. The average molecular weight is 395 g/mol. The van der Waals surface area contributed by atoms with Crippen molar-refractivity contribution in [3.8, 4) is 5.75 Å². The largest absolute Gasteiger partial charge is 0.493 e. The molecule has 0 saturated carbocycles. The first-order valence-electron chi connectivity index (χ1n) is 8.16. The number of para-hydroxylation sites is 1. The maximum absolute atomic E-state index is 12.4. The highest BCUT2D eigenvalue weighted by Gasteiger charge is 2.15. The molecule has 138 valence electrons. The van der Waals surface area contributed by atoms with Crippen molar-refractivity contribution in [2.45, 2.75) is 20.3 Å². The van der Waals surface area contributed by atoms with Gasteiger partial charge in [-0.3, -0.25) is 20.4 Å². The van der Waals surface area contributed by atoms with E-state index in [1.165, 1.54) is 12.1 Å². The Balaban J connectivity index is 2.00. The molecule has 7 heteroatoms. The van der Waals surface area contributed by atoms with Gasteiger partial charge in [0.15, 0.2) is 0 Å². The molecule has 0 atom stereocenters. The van der Waals surface area contributed by atoms with Gasteiger partial charge in [0.2, 0.25) is 0 Å². The predicted octanol–water partition coefficient (Wildman–Crippen LogP) is 4.49. The maximum Gasteiger partial charge on any atom is 0.273 e. The Labute approximate surface area is 162 Å². The van der Waals surface area contributed by atoms with E-state index in [1.54, 1.807) is 30.3 Å². The maximum atomic E-state index is 12.4. The lowest BCUT2D eigenvalue weighted by Gasteiger charge is -2.13. The molecule has 5 nitrogen and oxygen atoms in total. The first-order chi connectivity index (χ1) is 12.4. The lowest BCUT2D eigenvalue weighted by molar-refractivity contribution is 0.0844. The summed E-state index contributed by atoms with van der Waals surface area (Å²) in [5, 5.41) is 0.615. The number of carbonyl (C=O) groups excluding carboxylic acids is 2. The van der Waals surface area contributed by atoms with Crippen LogP contribution in [0.3, 0.4) is 0 Å². The van der Waals surface area contributed by atoms with Crippen molar-refractivity contribution in [3.05, 3.63) is 63.6 Å². The topological polar surface area (TPSA) is 67.4 Å². The third-order valence-electron chi connectivity index (χ3n) is 3.55. The molecule has 0 spiro atoms. The van der Waals surface area contributed by atoms with Crippen LogP contribution in [-0.2, 0) is 0 Å². The summed E-state index contributed by atoms with van der Waals surface area (Å²) in [6.07, 6.45) is 0.877. The van der Waals surface area contributed by atoms with Crippen molar-refractivity contribution in [1.29, 1.82) is 0 Å². The van der Waals surface area contributed by atoms with Crippen molar-refractivity contribution in [1.82, 2.24) is 10.9 Å². The molecule has 26 heavy (non-hydrogen) atoms. The Morgan fingerprint density at radius 1 is 1.00 bits per heavy atom. The van der Waals surface area contributed by atoms with Gasteiger partial charge < -0.3 is 4.74 Å². The summed E-state index contributed by atoms with van der Waals surface area (Å²) in [5.74, 6) is -0.0642. The SMILES string of the molecule is CC(C)CCOc1ccccc1C(=O)NNC(=O)c1ccc(Cl)cc1Cl. The van der Waals surface area contributed by atoms with E-state index in [-0.39, 0.29) is 10.6 Å². The molecule has 0 aliphatic carbocycles. The number of hydrogen-bond acceptors (Lipinski definition) is 3. The Hall–Kier alpha value is -2.24. The van der Waals surface area contributed by atoms with Gasteiger partial charge in [-0.2, -0.15) is 0 Å². The van der Waals surface area contributed by atoms with E-state index in [0.29, 0.717) is 28.9 Å². The van der Waals surface area contributed by atoms with Crippen LogP contribution < -0.4 is 15.6 Å². The van der Waals surface area contributed by atoms with Crippen LogP contribution in [0.5, 0.6) is 5.75 Å². The van der Waals surface area contributed by atoms with Crippen LogP contribution in [0.4, 0.5) is 0 Å². The van der Waals surface area contributed by atoms with Crippen LogP contribution in [0.15, 0.2) is 42.5 Å². The van der Waals surface area contributed by atoms with E-state index >= 15 is 0 Å². The fraction of sp³-hybridized carbons (Fsp3) is 0.263. The van der Waals surface area contributed by atoms with Crippen LogP contribution in [0.2, 0.25) is 10.0 Å². The summed E-state index contributed by atoms with van der Waals surface area (Å²) < 4.78 is 5.68. The molecule has 2 aromatic rings. The molecule has 0 aromatic heterocycles. The van der Waals surface area contributed by atoms with E-state index in [2.05, 4.69) is 24.7 Å². The number of rotatable bonds is 6. The number of benzene rings is 2. The molecule has 0 fully saturated rings. The zero-order valence-corrected chi connectivity index (χ0v) is 16.0. The van der Waals surface area contributed by atoms with Gasteiger partial charge in [-0.1, -0.05) is 49.2 Å². The summed E-state index contributed by atoms with van der Waals surface area (Å²) in [6, 6.07) is 11.3. The second-order valence-electron chi connectivity index (χ2n) is 6.06. The highest BCUT2D eigenvalue weighted by molar-refractivity contribution is 6.36. The number of hydrogen-bond donors (Lipinski definition) is 2. The number of amides is 2. The summed E-state index contributed by atoms with van der Waals surface area (Å²) in [7, 11) is 0. The van der Waals surface area contributed by atoms with Crippen molar-refractivity contribution in [2.75, 3.05) is 6.61 Å². The average Bonchev–Trinajstić information content (AvgIpc) is 2.59. The van der Waals surface area contributed by atoms with Crippen LogP contribution in [0, 0.1) is 5.92 Å². The van der Waals surface area contributed by atoms with Gasteiger partial charge in [0, 0.05) is 5.02 Å². The fourth-order valence-corrected chi connectivity index (χ4v) is 2.60. The molecule has 0 aliphatic rings. The first kappa shape index (κ1) is 20.1. The van der Waals surface area contributed by atoms with Gasteiger partial charge >= 0.3 is 0 Å². The minimum atomic E-state index is -0.543. The number of nitrogens with one attached hydrogen (secondary N) is 2. The van der Waals surface area contributed by atoms with Crippen molar-refractivity contribution in [2.24, 2.45) is 5.92 Å². The van der Waals surface area contributed by atoms with E-state index in [0.717, 1.165) is 6.42 Å². The van der Waals surface area contributed by atoms with E-state index in [9.17, 15) is 9.59 Å². The number of ether oxygens (including phenoxy) is 1. The normalized spacial score (nSPS) is 10.5. The highest BCUT2D eigenvalue weighted by Crippen LogP contribution is 2.21. The van der Waals surface area contributed by atoms with E-state index < -0.39 is 11.8 Å². The first-order valence-corrected chi connectivity index (χ1v) is 8.91. The Morgan fingerprint density at radius 3 is 2.31 bits per heavy atom. The molecule has 0 aliphatic heterocycles. The molecule has 2 N–H and O–H groups in total. The second-order valence-corrected chi connectivity index (χ2v) is 6.90. The molecule has 2 rings (SSSR count). The number of carbonyl (C=O) groups is 2. The molecule has 0 saturated heterocycles. The number of hydrazine groups is 1. The Bertz CT molecular complexity index is 794. The zero-order chi connectivity index (χ0) is 19.1. The quantitative estimate of drug-likeness (QED) is 0.708. The lowest BCUT2D eigenvalue weighted by atomic mass is 10.1. The van der Waals surface area contributed by atoms with E-state index in [1.807, 2.05) is 0 Å². The second kappa shape index (κ2) is 9.46. The van der Waals surface area contributed by atoms with Crippen molar-refractivity contribution >= 4 is 35.0 Å². The molecule has 0 radical (unpaired) electrons. The summed E-state index contributed by atoms with van der Waals surface area (Å²) in [4.78, 5) is 24.5. The smallest absolute Gasteiger partial charge is 0.273 e. The molecular weight excluding hydrogens is 375 g/mol. The summed E-state index contributed by atoms with van der Waals surface area (Å²) in [5.41, 5.74) is 5.24. The van der Waals surface area contributed by atoms with Crippen LogP contribution in [0.1, 0.15) is 41.0 Å². The Kier molecular flexibility index (Phi) is 7.30. The molecule has 0 heterocycles. The van der Waals surface area contributed by atoms with E-state index in [4.69, 9.17) is 27.9 Å². The van der Waals surface area contributed by atoms with Gasteiger partial charge in [-0.15, -0.1) is 0 Å². The third-order valence-corrected chi connectivity index (χ3v) is 4.10. The highest BCUT2D eigenvalue weighted by atomic mass is 35.5.